The van der Waals surface area contributed by atoms with Gasteiger partial charge in [0.1, 0.15) is 0 Å². The van der Waals surface area contributed by atoms with E-state index in [1.807, 2.05) is 37.4 Å². The fraction of sp³-hybridized carbons (Fsp3) is 0.500. The molecule has 1 atom stereocenters. The van der Waals surface area contributed by atoms with Crippen molar-refractivity contribution in [3.05, 3.63) is 35.9 Å². The minimum absolute atomic E-state index is 0. The quantitative estimate of drug-likeness (QED) is 0.826. The van der Waals surface area contributed by atoms with E-state index in [-0.39, 0.29) is 18.4 Å². The number of halogens is 1. The van der Waals surface area contributed by atoms with Gasteiger partial charge in [0.15, 0.2) is 0 Å². The minimum atomic E-state index is -3.14. The third-order valence-electron chi connectivity index (χ3n) is 3.14. The summed E-state index contributed by atoms with van der Waals surface area (Å²) in [6.45, 7) is 2.10. The summed E-state index contributed by atoms with van der Waals surface area (Å²) in [5.41, 5.74) is 1.06. The van der Waals surface area contributed by atoms with Gasteiger partial charge in [0.2, 0.25) is 10.0 Å². The highest BCUT2D eigenvalue weighted by atomic mass is 35.5. The van der Waals surface area contributed by atoms with E-state index in [9.17, 15) is 8.42 Å². The number of nitrogens with zero attached hydrogens (tertiary/aromatic N) is 2. The molecule has 0 N–H and O–H groups in total. The third kappa shape index (κ3) is 3.45. The van der Waals surface area contributed by atoms with Gasteiger partial charge in [-0.1, -0.05) is 30.3 Å². The number of hydrogen-bond donors (Lipinski definition) is 0. The summed E-state index contributed by atoms with van der Waals surface area (Å²) in [6.07, 6.45) is 1.29. The van der Waals surface area contributed by atoms with Gasteiger partial charge in [0.05, 0.1) is 12.3 Å². The number of likely N-dealkylation sites (N-methyl/N-ethyl adjacent to an activating group) is 1. The van der Waals surface area contributed by atoms with Crippen molar-refractivity contribution in [1.82, 2.24) is 9.21 Å². The highest BCUT2D eigenvalue weighted by Crippen LogP contribution is 2.26. The van der Waals surface area contributed by atoms with Gasteiger partial charge in [-0.2, -0.15) is 4.31 Å². The summed E-state index contributed by atoms with van der Waals surface area (Å²) in [6, 6.07) is 9.75. The van der Waals surface area contributed by atoms with Crippen LogP contribution in [0.25, 0.3) is 0 Å². The lowest BCUT2D eigenvalue weighted by molar-refractivity contribution is 0.161. The van der Waals surface area contributed by atoms with Crippen molar-refractivity contribution in [1.29, 1.82) is 0 Å². The molecule has 1 heterocycles. The maximum atomic E-state index is 11.8. The van der Waals surface area contributed by atoms with Crippen LogP contribution in [0.5, 0.6) is 0 Å². The summed E-state index contributed by atoms with van der Waals surface area (Å²) in [7, 11) is -1.12. The molecule has 6 heteroatoms. The van der Waals surface area contributed by atoms with Crippen LogP contribution < -0.4 is 0 Å². The second kappa shape index (κ2) is 6.02. The molecule has 4 nitrogen and oxygen atoms in total. The Morgan fingerprint density at radius 1 is 1.17 bits per heavy atom. The van der Waals surface area contributed by atoms with Gasteiger partial charge >= 0.3 is 0 Å². The minimum Gasteiger partial charge on any atom is -0.303 e. The molecule has 18 heavy (non-hydrogen) atoms. The first-order chi connectivity index (χ1) is 7.98. The van der Waals surface area contributed by atoms with Crippen LogP contribution in [0.15, 0.2) is 30.3 Å². The molecule has 102 valence electrons. The second-order valence-corrected chi connectivity index (χ2v) is 6.50. The SMILES string of the molecule is CN1CCN(S(C)(=O)=O)C(c2ccccc2)C1.Cl. The van der Waals surface area contributed by atoms with Crippen molar-refractivity contribution in [3.8, 4) is 0 Å². The van der Waals surface area contributed by atoms with E-state index in [1.54, 1.807) is 4.31 Å². The van der Waals surface area contributed by atoms with Crippen LogP contribution in [0.4, 0.5) is 0 Å². The Labute approximate surface area is 115 Å². The highest BCUT2D eigenvalue weighted by Gasteiger charge is 2.32. The Morgan fingerprint density at radius 3 is 2.33 bits per heavy atom. The van der Waals surface area contributed by atoms with E-state index < -0.39 is 10.0 Å². The van der Waals surface area contributed by atoms with Gasteiger partial charge in [-0.25, -0.2) is 8.42 Å². The summed E-state index contributed by atoms with van der Waals surface area (Å²) in [4.78, 5) is 2.17. The Bertz CT molecular complexity index is 478. The van der Waals surface area contributed by atoms with Crippen LogP contribution in [-0.2, 0) is 10.0 Å². The van der Waals surface area contributed by atoms with Crippen molar-refractivity contribution in [2.24, 2.45) is 0 Å². The van der Waals surface area contributed by atoms with E-state index >= 15 is 0 Å². The molecule has 0 aromatic heterocycles. The molecule has 1 unspecified atom stereocenters. The van der Waals surface area contributed by atoms with E-state index in [1.165, 1.54) is 6.26 Å². The summed E-state index contributed by atoms with van der Waals surface area (Å²) < 4.78 is 25.2. The third-order valence-corrected chi connectivity index (χ3v) is 4.43. The average Bonchev–Trinajstić information content (AvgIpc) is 2.28. The Balaban J connectivity index is 0.00000162. The van der Waals surface area contributed by atoms with E-state index in [4.69, 9.17) is 0 Å². The Hall–Kier alpha value is -0.620. The molecule has 0 radical (unpaired) electrons. The van der Waals surface area contributed by atoms with Crippen molar-refractivity contribution in [2.45, 2.75) is 6.04 Å². The molecule has 1 aromatic carbocycles. The van der Waals surface area contributed by atoms with Gasteiger partial charge in [0.25, 0.3) is 0 Å². The summed E-state index contributed by atoms with van der Waals surface area (Å²) in [5.74, 6) is 0. The van der Waals surface area contributed by atoms with Crippen molar-refractivity contribution in [3.63, 3.8) is 0 Å². The molecule has 0 amide bonds. The average molecular weight is 291 g/mol. The molecule has 1 aliphatic heterocycles. The van der Waals surface area contributed by atoms with Crippen LogP contribution in [0.2, 0.25) is 0 Å². The van der Waals surface area contributed by atoms with Crippen LogP contribution in [0.1, 0.15) is 11.6 Å². The zero-order valence-electron chi connectivity index (χ0n) is 10.6. The van der Waals surface area contributed by atoms with Gasteiger partial charge in [-0.05, 0) is 12.6 Å². The monoisotopic (exact) mass is 290 g/mol. The first kappa shape index (κ1) is 15.4. The first-order valence-corrected chi connectivity index (χ1v) is 7.53. The zero-order valence-corrected chi connectivity index (χ0v) is 12.2. The fourth-order valence-corrected chi connectivity index (χ4v) is 3.31. The van der Waals surface area contributed by atoms with Crippen LogP contribution in [0, 0.1) is 0 Å². The van der Waals surface area contributed by atoms with E-state index in [0.717, 1.165) is 18.7 Å². The fourth-order valence-electron chi connectivity index (χ4n) is 2.25. The number of benzene rings is 1. The molecule has 1 aromatic rings. The number of rotatable bonds is 2. The first-order valence-electron chi connectivity index (χ1n) is 5.69. The van der Waals surface area contributed by atoms with E-state index in [2.05, 4.69) is 4.90 Å². The highest BCUT2D eigenvalue weighted by molar-refractivity contribution is 7.88. The van der Waals surface area contributed by atoms with Crippen LogP contribution in [-0.4, -0.2) is 50.6 Å². The normalized spacial score (nSPS) is 22.4. The second-order valence-electron chi connectivity index (χ2n) is 4.56. The molecule has 1 fully saturated rings. The number of sulfonamides is 1. The standard InChI is InChI=1S/C12H18N2O2S.ClH/c1-13-8-9-14(17(2,15)16)12(10-13)11-6-4-3-5-7-11;/h3-7,12H,8-10H2,1-2H3;1H. The lowest BCUT2D eigenvalue weighted by Crippen LogP contribution is -2.48. The van der Waals surface area contributed by atoms with E-state index in [0.29, 0.717) is 6.54 Å². The smallest absolute Gasteiger partial charge is 0.211 e. The largest absolute Gasteiger partial charge is 0.303 e. The number of piperazine rings is 1. The summed E-state index contributed by atoms with van der Waals surface area (Å²) in [5, 5.41) is 0. The van der Waals surface area contributed by atoms with Crippen LogP contribution >= 0.6 is 12.4 Å². The molecule has 0 aliphatic carbocycles. The Kier molecular flexibility index (Phi) is 5.16. The van der Waals surface area contributed by atoms with Crippen LogP contribution in [0.3, 0.4) is 0 Å². The Morgan fingerprint density at radius 2 is 1.78 bits per heavy atom. The molecule has 1 saturated heterocycles. The molecular formula is C12H19ClN2O2S. The molecular weight excluding hydrogens is 272 g/mol. The predicted octanol–water partition coefficient (Wildman–Crippen LogP) is 1.36. The molecule has 0 bridgehead atoms. The molecule has 0 saturated carbocycles. The van der Waals surface area contributed by atoms with Gasteiger partial charge in [-0.3, -0.25) is 0 Å². The predicted molar refractivity (Wildman–Crippen MR) is 75.5 cm³/mol. The van der Waals surface area contributed by atoms with Gasteiger partial charge < -0.3 is 4.90 Å². The maximum Gasteiger partial charge on any atom is 0.211 e. The lowest BCUT2D eigenvalue weighted by atomic mass is 10.1. The molecule has 2 rings (SSSR count). The van der Waals surface area contributed by atoms with Gasteiger partial charge in [0, 0.05) is 19.6 Å². The molecule has 0 spiro atoms. The van der Waals surface area contributed by atoms with Gasteiger partial charge in [-0.15, -0.1) is 12.4 Å². The maximum absolute atomic E-state index is 11.8. The number of hydrogen-bond acceptors (Lipinski definition) is 3. The zero-order chi connectivity index (χ0) is 12.5. The molecule has 1 aliphatic rings. The topological polar surface area (TPSA) is 40.6 Å². The van der Waals surface area contributed by atoms with Crippen molar-refractivity contribution < 1.29 is 8.42 Å². The van der Waals surface area contributed by atoms with Crippen molar-refractivity contribution >= 4 is 22.4 Å². The lowest BCUT2D eigenvalue weighted by Gasteiger charge is -2.38. The summed E-state index contributed by atoms with van der Waals surface area (Å²) >= 11 is 0. The van der Waals surface area contributed by atoms with Crippen molar-refractivity contribution in [2.75, 3.05) is 32.9 Å².